The first kappa shape index (κ1) is 14.9. The Morgan fingerprint density at radius 2 is 2.26 bits per heavy atom. The molecule has 1 fully saturated rings. The highest BCUT2D eigenvalue weighted by atomic mass is 127. The summed E-state index contributed by atoms with van der Waals surface area (Å²) in [7, 11) is 1.68. The van der Waals surface area contributed by atoms with Crippen LogP contribution >= 0.6 is 22.6 Å². The van der Waals surface area contributed by atoms with Crippen LogP contribution in [0.2, 0.25) is 0 Å². The minimum absolute atomic E-state index is 0.364. The normalized spacial score (nSPS) is 22.7. The molecule has 2 rings (SSSR count). The molecule has 0 bridgehead atoms. The van der Waals surface area contributed by atoms with Crippen LogP contribution in [0.4, 0.5) is 5.82 Å². The average molecular weight is 377 g/mol. The quantitative estimate of drug-likeness (QED) is 0.800. The molecule has 0 radical (unpaired) electrons. The number of rotatable bonds is 5. The molecule has 1 saturated heterocycles. The van der Waals surface area contributed by atoms with E-state index in [0.717, 1.165) is 46.9 Å². The lowest BCUT2D eigenvalue weighted by molar-refractivity contribution is 0.00894. The molecule has 1 N–H and O–H groups in total. The van der Waals surface area contributed by atoms with Crippen LogP contribution in [0.1, 0.15) is 38.2 Å². The molecule has 2 heterocycles. The third-order valence-corrected chi connectivity index (χ3v) is 4.37. The van der Waals surface area contributed by atoms with E-state index in [1.807, 2.05) is 0 Å². The lowest BCUT2D eigenvalue weighted by Crippen LogP contribution is -2.25. The fourth-order valence-electron chi connectivity index (χ4n) is 2.20. The summed E-state index contributed by atoms with van der Waals surface area (Å²) in [6.45, 7) is 6.22. The van der Waals surface area contributed by atoms with Crippen LogP contribution in [0.3, 0.4) is 0 Å². The van der Waals surface area contributed by atoms with Gasteiger partial charge in [-0.15, -0.1) is 0 Å². The van der Waals surface area contributed by atoms with Gasteiger partial charge in [-0.25, -0.2) is 9.97 Å². The second-order valence-corrected chi connectivity index (χ2v) is 5.88. The number of hydrogen-bond donors (Lipinski definition) is 1. The van der Waals surface area contributed by atoms with E-state index in [1.165, 1.54) is 0 Å². The Morgan fingerprint density at radius 1 is 1.47 bits per heavy atom. The summed E-state index contributed by atoms with van der Waals surface area (Å²) in [5, 5.41) is 3.29. The molecule has 1 aliphatic heterocycles. The zero-order valence-corrected chi connectivity index (χ0v) is 13.8. The fraction of sp³-hybridized carbons (Fsp3) is 0.692. The maximum absolute atomic E-state index is 5.84. The number of halogens is 1. The molecule has 0 aromatic carbocycles. The molecule has 0 aliphatic carbocycles. The van der Waals surface area contributed by atoms with Gasteiger partial charge in [0.2, 0.25) is 0 Å². The largest absolute Gasteiger partial charge is 0.378 e. The molecular formula is C13H20IN3O2. The first-order valence-corrected chi connectivity index (χ1v) is 7.62. The molecule has 106 valence electrons. The van der Waals surface area contributed by atoms with Gasteiger partial charge in [0.25, 0.3) is 0 Å². The summed E-state index contributed by atoms with van der Waals surface area (Å²) in [6.07, 6.45) is 2.02. The van der Waals surface area contributed by atoms with Crippen LogP contribution in [0.5, 0.6) is 0 Å². The highest BCUT2D eigenvalue weighted by Crippen LogP contribution is 2.35. The average Bonchev–Trinajstić information content (AvgIpc) is 2.83. The minimum atomic E-state index is -0.364. The molecule has 6 heteroatoms. The van der Waals surface area contributed by atoms with Crippen molar-refractivity contribution in [1.29, 1.82) is 0 Å². The Bertz CT molecular complexity index is 421. The van der Waals surface area contributed by atoms with Crippen LogP contribution in [0.15, 0.2) is 0 Å². The van der Waals surface area contributed by atoms with Crippen molar-refractivity contribution in [2.24, 2.45) is 0 Å². The Hall–Kier alpha value is -0.470. The van der Waals surface area contributed by atoms with Crippen LogP contribution in [-0.2, 0) is 21.7 Å². The van der Waals surface area contributed by atoms with Crippen molar-refractivity contribution >= 4 is 28.4 Å². The van der Waals surface area contributed by atoms with E-state index in [0.29, 0.717) is 6.61 Å². The predicted octanol–water partition coefficient (Wildman–Crippen LogP) is 2.69. The van der Waals surface area contributed by atoms with Gasteiger partial charge in [-0.1, -0.05) is 0 Å². The van der Waals surface area contributed by atoms with E-state index >= 15 is 0 Å². The standard InChI is InChI=1S/C13H20IN3O2/c1-4-15-11-10(14)9(8-18-3)16-12(17-11)13(2)6-5-7-19-13/h4-8H2,1-3H3,(H,15,16,17). The Balaban J connectivity index is 2.43. The van der Waals surface area contributed by atoms with Crippen molar-refractivity contribution in [3.63, 3.8) is 0 Å². The third-order valence-electron chi connectivity index (χ3n) is 3.24. The van der Waals surface area contributed by atoms with Crippen LogP contribution in [0.25, 0.3) is 0 Å². The van der Waals surface area contributed by atoms with Crippen molar-refractivity contribution in [2.75, 3.05) is 25.6 Å². The lowest BCUT2D eigenvalue weighted by Gasteiger charge is -2.23. The molecule has 1 aromatic rings. The highest BCUT2D eigenvalue weighted by molar-refractivity contribution is 14.1. The topological polar surface area (TPSA) is 56.3 Å². The number of ether oxygens (including phenoxy) is 2. The van der Waals surface area contributed by atoms with Crippen molar-refractivity contribution in [3.05, 3.63) is 15.1 Å². The van der Waals surface area contributed by atoms with Gasteiger partial charge in [-0.2, -0.15) is 0 Å². The van der Waals surface area contributed by atoms with Crippen molar-refractivity contribution in [2.45, 2.75) is 38.9 Å². The molecule has 0 amide bonds. The predicted molar refractivity (Wildman–Crippen MR) is 82.2 cm³/mol. The van der Waals surface area contributed by atoms with E-state index in [4.69, 9.17) is 9.47 Å². The second-order valence-electron chi connectivity index (χ2n) is 4.80. The lowest BCUT2D eigenvalue weighted by atomic mass is 10.0. The van der Waals surface area contributed by atoms with E-state index in [-0.39, 0.29) is 5.60 Å². The molecule has 1 aromatic heterocycles. The Labute approximate surface area is 127 Å². The summed E-state index contributed by atoms with van der Waals surface area (Å²) >= 11 is 2.26. The maximum atomic E-state index is 5.84. The number of anilines is 1. The van der Waals surface area contributed by atoms with Gasteiger partial charge in [0, 0.05) is 20.3 Å². The summed E-state index contributed by atoms with van der Waals surface area (Å²) in [5.74, 6) is 1.63. The van der Waals surface area contributed by atoms with Crippen LogP contribution < -0.4 is 5.32 Å². The monoisotopic (exact) mass is 377 g/mol. The molecule has 0 spiro atoms. The van der Waals surface area contributed by atoms with Gasteiger partial charge < -0.3 is 14.8 Å². The van der Waals surface area contributed by atoms with Gasteiger partial charge >= 0.3 is 0 Å². The van der Waals surface area contributed by atoms with Crippen LogP contribution in [-0.4, -0.2) is 30.2 Å². The molecule has 1 aliphatic rings. The SMILES string of the molecule is CCNc1nc(C2(C)CCCO2)nc(COC)c1I. The van der Waals surface area contributed by atoms with Crippen LogP contribution in [0, 0.1) is 3.57 Å². The molecular weight excluding hydrogens is 357 g/mol. The zero-order valence-electron chi connectivity index (χ0n) is 11.6. The molecule has 1 atom stereocenters. The van der Waals surface area contributed by atoms with E-state index < -0.39 is 0 Å². The van der Waals surface area contributed by atoms with E-state index in [9.17, 15) is 0 Å². The van der Waals surface area contributed by atoms with Gasteiger partial charge in [0.05, 0.1) is 15.9 Å². The summed E-state index contributed by atoms with van der Waals surface area (Å²) in [6, 6.07) is 0. The van der Waals surface area contributed by atoms with Gasteiger partial charge in [0.1, 0.15) is 11.4 Å². The molecule has 19 heavy (non-hydrogen) atoms. The summed E-state index contributed by atoms with van der Waals surface area (Å²) in [5.41, 5.74) is 0.553. The first-order valence-electron chi connectivity index (χ1n) is 6.54. The number of nitrogens with zero attached hydrogens (tertiary/aromatic N) is 2. The zero-order chi connectivity index (χ0) is 13.9. The first-order chi connectivity index (χ1) is 9.10. The number of hydrogen-bond acceptors (Lipinski definition) is 5. The summed E-state index contributed by atoms with van der Waals surface area (Å²) in [4.78, 5) is 9.30. The minimum Gasteiger partial charge on any atom is -0.378 e. The van der Waals surface area contributed by atoms with Gasteiger partial charge in [-0.05, 0) is 49.3 Å². The smallest absolute Gasteiger partial charge is 0.162 e. The Morgan fingerprint density at radius 3 is 2.84 bits per heavy atom. The van der Waals surface area contributed by atoms with E-state index in [2.05, 4.69) is 51.7 Å². The number of nitrogens with one attached hydrogen (secondary N) is 1. The third kappa shape index (κ3) is 3.17. The van der Waals surface area contributed by atoms with Crippen molar-refractivity contribution < 1.29 is 9.47 Å². The van der Waals surface area contributed by atoms with Crippen molar-refractivity contribution in [3.8, 4) is 0 Å². The molecule has 5 nitrogen and oxygen atoms in total. The Kier molecular flexibility index (Phi) is 4.97. The highest BCUT2D eigenvalue weighted by Gasteiger charge is 2.35. The van der Waals surface area contributed by atoms with Crippen molar-refractivity contribution in [1.82, 2.24) is 9.97 Å². The van der Waals surface area contributed by atoms with Gasteiger partial charge in [-0.3, -0.25) is 0 Å². The van der Waals surface area contributed by atoms with Gasteiger partial charge in [0.15, 0.2) is 5.82 Å². The number of aromatic nitrogens is 2. The maximum Gasteiger partial charge on any atom is 0.162 e. The summed E-state index contributed by atoms with van der Waals surface area (Å²) < 4.78 is 12.1. The fourth-order valence-corrected chi connectivity index (χ4v) is 2.79. The second kappa shape index (κ2) is 6.32. The molecule has 0 saturated carbocycles. The number of methoxy groups -OCH3 is 1. The molecule has 1 unspecified atom stereocenters. The van der Waals surface area contributed by atoms with E-state index in [1.54, 1.807) is 7.11 Å².